The van der Waals surface area contributed by atoms with E-state index >= 15 is 0 Å². The van der Waals surface area contributed by atoms with Crippen molar-refractivity contribution in [3.05, 3.63) is 42.1 Å². The number of pyridine rings is 1. The molecule has 0 bridgehead atoms. The van der Waals surface area contributed by atoms with Gasteiger partial charge in [-0.1, -0.05) is 26.8 Å². The second kappa shape index (κ2) is 6.76. The third-order valence-electron chi connectivity index (χ3n) is 3.54. The monoisotopic (exact) mass is 320 g/mol. The standard InChI is InChI=1S/C16H21FN4O2/c1-11(16(2,3)4)23-15(22)19-8-12-5-6-14(18-7-12)21-10-13(17)9-20-21/h5-7,9-11H,8H2,1-4H3,(H,19,22). The fourth-order valence-corrected chi connectivity index (χ4v) is 1.64. The number of amides is 1. The third-order valence-corrected chi connectivity index (χ3v) is 3.54. The molecule has 0 aliphatic heterocycles. The predicted octanol–water partition coefficient (Wildman–Crippen LogP) is 3.07. The van der Waals surface area contributed by atoms with E-state index in [4.69, 9.17) is 4.74 Å². The van der Waals surface area contributed by atoms with E-state index in [0.29, 0.717) is 12.4 Å². The first-order chi connectivity index (χ1) is 10.8. The lowest BCUT2D eigenvalue weighted by Gasteiger charge is -2.26. The maximum atomic E-state index is 12.9. The van der Waals surface area contributed by atoms with Crippen LogP contribution >= 0.6 is 0 Å². The molecule has 0 aromatic carbocycles. The second-order valence-corrected chi connectivity index (χ2v) is 6.39. The molecular formula is C16H21FN4O2. The summed E-state index contributed by atoms with van der Waals surface area (Å²) < 4.78 is 19.6. The number of halogens is 1. The van der Waals surface area contributed by atoms with Crippen molar-refractivity contribution in [3.63, 3.8) is 0 Å². The highest BCUT2D eigenvalue weighted by Gasteiger charge is 2.23. The van der Waals surface area contributed by atoms with E-state index in [1.54, 1.807) is 18.3 Å². The lowest BCUT2D eigenvalue weighted by Crippen LogP contribution is -2.33. The Hall–Kier alpha value is -2.44. The summed E-state index contributed by atoms with van der Waals surface area (Å²) in [7, 11) is 0. The van der Waals surface area contributed by atoms with Crippen LogP contribution in [0.5, 0.6) is 0 Å². The van der Waals surface area contributed by atoms with E-state index in [1.807, 2.05) is 27.7 Å². The smallest absolute Gasteiger partial charge is 0.407 e. The molecule has 0 saturated carbocycles. The van der Waals surface area contributed by atoms with Crippen LogP contribution < -0.4 is 5.32 Å². The molecule has 1 atom stereocenters. The van der Waals surface area contributed by atoms with Crippen molar-refractivity contribution in [1.29, 1.82) is 0 Å². The maximum Gasteiger partial charge on any atom is 0.407 e. The van der Waals surface area contributed by atoms with Gasteiger partial charge in [0.15, 0.2) is 11.6 Å². The van der Waals surface area contributed by atoms with Crippen molar-refractivity contribution < 1.29 is 13.9 Å². The summed E-state index contributed by atoms with van der Waals surface area (Å²) in [5, 5.41) is 6.52. The summed E-state index contributed by atoms with van der Waals surface area (Å²) in [6, 6.07) is 3.49. The van der Waals surface area contributed by atoms with E-state index in [-0.39, 0.29) is 11.5 Å². The number of nitrogens with zero attached hydrogens (tertiary/aromatic N) is 3. The average molecular weight is 320 g/mol. The van der Waals surface area contributed by atoms with Crippen LogP contribution in [0.2, 0.25) is 0 Å². The van der Waals surface area contributed by atoms with Gasteiger partial charge in [0.1, 0.15) is 6.10 Å². The van der Waals surface area contributed by atoms with Gasteiger partial charge in [0.05, 0.1) is 12.4 Å². The molecule has 0 saturated heterocycles. The topological polar surface area (TPSA) is 69.0 Å². The molecule has 2 aromatic heterocycles. The Morgan fingerprint density at radius 2 is 2.13 bits per heavy atom. The zero-order chi connectivity index (χ0) is 17.0. The van der Waals surface area contributed by atoms with Gasteiger partial charge in [0.25, 0.3) is 0 Å². The first kappa shape index (κ1) is 16.9. The van der Waals surface area contributed by atoms with Crippen molar-refractivity contribution in [1.82, 2.24) is 20.1 Å². The van der Waals surface area contributed by atoms with Crippen LogP contribution in [0.1, 0.15) is 33.3 Å². The number of ether oxygens (including phenoxy) is 1. The third kappa shape index (κ3) is 4.77. The summed E-state index contributed by atoms with van der Waals surface area (Å²) in [5.74, 6) is 0.0786. The molecule has 0 fully saturated rings. The summed E-state index contributed by atoms with van der Waals surface area (Å²) in [5.41, 5.74) is 0.696. The number of alkyl carbamates (subject to hydrolysis) is 1. The maximum absolute atomic E-state index is 12.9. The van der Waals surface area contributed by atoms with Crippen LogP contribution in [0, 0.1) is 11.2 Å². The minimum Gasteiger partial charge on any atom is -0.446 e. The van der Waals surface area contributed by atoms with Crippen molar-refractivity contribution in [3.8, 4) is 5.82 Å². The van der Waals surface area contributed by atoms with Crippen molar-refractivity contribution >= 4 is 6.09 Å². The van der Waals surface area contributed by atoms with Gasteiger partial charge >= 0.3 is 6.09 Å². The molecule has 23 heavy (non-hydrogen) atoms. The van der Waals surface area contributed by atoms with Gasteiger partial charge in [-0.25, -0.2) is 18.9 Å². The predicted molar refractivity (Wildman–Crippen MR) is 83.6 cm³/mol. The zero-order valence-corrected chi connectivity index (χ0v) is 13.7. The molecule has 2 heterocycles. The summed E-state index contributed by atoms with van der Waals surface area (Å²) in [6.07, 6.45) is 3.29. The Bertz CT molecular complexity index is 661. The van der Waals surface area contributed by atoms with Crippen molar-refractivity contribution in [2.45, 2.75) is 40.3 Å². The minimum atomic E-state index is -0.467. The molecule has 1 amide bonds. The molecule has 2 aromatic rings. The van der Waals surface area contributed by atoms with Gasteiger partial charge in [-0.3, -0.25) is 0 Å². The fraction of sp³-hybridized carbons (Fsp3) is 0.438. The summed E-state index contributed by atoms with van der Waals surface area (Å²) >= 11 is 0. The largest absolute Gasteiger partial charge is 0.446 e. The SMILES string of the molecule is CC(OC(=O)NCc1ccc(-n2cc(F)cn2)nc1)C(C)(C)C. The Morgan fingerprint density at radius 1 is 1.39 bits per heavy atom. The fourth-order valence-electron chi connectivity index (χ4n) is 1.64. The second-order valence-electron chi connectivity index (χ2n) is 6.39. The van der Waals surface area contributed by atoms with Crippen LogP contribution in [-0.4, -0.2) is 27.0 Å². The summed E-state index contributed by atoms with van der Waals surface area (Å²) in [6.45, 7) is 8.18. The molecule has 0 spiro atoms. The number of aromatic nitrogens is 3. The number of hydrogen-bond donors (Lipinski definition) is 1. The number of nitrogens with one attached hydrogen (secondary N) is 1. The first-order valence-corrected chi connectivity index (χ1v) is 7.35. The van der Waals surface area contributed by atoms with Gasteiger partial charge in [0, 0.05) is 12.7 Å². The van der Waals surface area contributed by atoms with Crippen LogP contribution in [0.15, 0.2) is 30.7 Å². The van der Waals surface area contributed by atoms with Crippen LogP contribution in [0.4, 0.5) is 9.18 Å². The van der Waals surface area contributed by atoms with Gasteiger partial charge in [-0.15, -0.1) is 0 Å². The molecule has 124 valence electrons. The van der Waals surface area contributed by atoms with Gasteiger partial charge < -0.3 is 10.1 Å². The van der Waals surface area contributed by atoms with E-state index in [2.05, 4.69) is 15.4 Å². The van der Waals surface area contributed by atoms with Crippen LogP contribution in [-0.2, 0) is 11.3 Å². The Kier molecular flexibility index (Phi) is 4.98. The molecule has 1 unspecified atom stereocenters. The van der Waals surface area contributed by atoms with E-state index < -0.39 is 11.9 Å². The number of hydrogen-bond acceptors (Lipinski definition) is 4. The van der Waals surface area contributed by atoms with Gasteiger partial charge in [0.2, 0.25) is 0 Å². The average Bonchev–Trinajstić information content (AvgIpc) is 2.91. The van der Waals surface area contributed by atoms with Crippen LogP contribution in [0.25, 0.3) is 5.82 Å². The molecule has 0 radical (unpaired) electrons. The summed E-state index contributed by atoms with van der Waals surface area (Å²) in [4.78, 5) is 15.9. The highest BCUT2D eigenvalue weighted by molar-refractivity contribution is 5.67. The lowest BCUT2D eigenvalue weighted by atomic mass is 9.90. The van der Waals surface area contributed by atoms with Crippen molar-refractivity contribution in [2.24, 2.45) is 5.41 Å². The molecule has 0 aliphatic carbocycles. The van der Waals surface area contributed by atoms with Crippen LogP contribution in [0.3, 0.4) is 0 Å². The van der Waals surface area contributed by atoms with Crippen molar-refractivity contribution in [2.75, 3.05) is 0 Å². The molecule has 1 N–H and O–H groups in total. The molecule has 6 nitrogen and oxygen atoms in total. The molecule has 0 aliphatic rings. The van der Waals surface area contributed by atoms with Gasteiger partial charge in [-0.2, -0.15) is 5.10 Å². The molecule has 2 rings (SSSR count). The number of rotatable bonds is 4. The first-order valence-electron chi connectivity index (χ1n) is 7.35. The van der Waals surface area contributed by atoms with E-state index in [1.165, 1.54) is 10.9 Å². The quantitative estimate of drug-likeness (QED) is 0.940. The highest BCUT2D eigenvalue weighted by Crippen LogP contribution is 2.21. The minimum absolute atomic E-state index is 0.112. The van der Waals surface area contributed by atoms with E-state index in [9.17, 15) is 9.18 Å². The lowest BCUT2D eigenvalue weighted by molar-refractivity contribution is 0.0435. The molecular weight excluding hydrogens is 299 g/mol. The van der Waals surface area contributed by atoms with Gasteiger partial charge in [-0.05, 0) is 24.0 Å². The normalized spacial score (nSPS) is 12.7. The Morgan fingerprint density at radius 3 is 2.65 bits per heavy atom. The Balaban J connectivity index is 1.88. The highest BCUT2D eigenvalue weighted by atomic mass is 19.1. The number of carbonyl (C=O) groups excluding carboxylic acids is 1. The van der Waals surface area contributed by atoms with E-state index in [0.717, 1.165) is 11.8 Å². The molecule has 7 heteroatoms. The zero-order valence-electron chi connectivity index (χ0n) is 13.7. The number of carbonyl (C=O) groups is 1. The Labute approximate surface area is 134 Å².